The van der Waals surface area contributed by atoms with E-state index in [9.17, 15) is 38.9 Å². The summed E-state index contributed by atoms with van der Waals surface area (Å²) in [6, 6.07) is 17.0. The predicted molar refractivity (Wildman–Crippen MR) is 206 cm³/mol. The fourth-order valence-electron chi connectivity index (χ4n) is 8.10. The van der Waals surface area contributed by atoms with E-state index in [2.05, 4.69) is 50.5 Å². The van der Waals surface area contributed by atoms with Crippen molar-refractivity contribution >= 4 is 63.9 Å². The van der Waals surface area contributed by atoms with Crippen LogP contribution in [0.4, 0.5) is 17.1 Å². The topological polar surface area (TPSA) is 169 Å². The number of hydrogen-bond donors (Lipinski definition) is 3. The summed E-state index contributed by atoms with van der Waals surface area (Å²) >= 11 is 0. The van der Waals surface area contributed by atoms with Crippen molar-refractivity contribution < 1.29 is 43.5 Å². The highest BCUT2D eigenvalue weighted by atomic mass is 32.2. The predicted octanol–water partition coefficient (Wildman–Crippen LogP) is 8.25. The van der Waals surface area contributed by atoms with E-state index >= 15 is 0 Å². The molecule has 6 rings (SSSR count). The largest absolute Gasteiger partial charge is 0.313 e. The molecule has 0 amide bonds. The van der Waals surface area contributed by atoms with Crippen molar-refractivity contribution in [3.05, 3.63) is 95.2 Å². The van der Waals surface area contributed by atoms with Gasteiger partial charge >= 0.3 is 0 Å². The van der Waals surface area contributed by atoms with E-state index in [1.54, 1.807) is 11.0 Å². The van der Waals surface area contributed by atoms with Gasteiger partial charge in [-0.25, -0.2) is 0 Å². The molecule has 3 N–H and O–H groups in total. The Balaban J connectivity index is 1.56. The van der Waals surface area contributed by atoms with Gasteiger partial charge in [-0.15, -0.1) is 0 Å². The van der Waals surface area contributed by atoms with Crippen LogP contribution in [0, 0.1) is 6.92 Å². The molecule has 2 aliphatic rings. The van der Waals surface area contributed by atoms with Crippen LogP contribution in [0.15, 0.2) is 93.2 Å². The quantitative estimate of drug-likeness (QED) is 0.0765. The zero-order valence-electron chi connectivity index (χ0n) is 30.6. The van der Waals surface area contributed by atoms with Crippen molar-refractivity contribution in [1.82, 2.24) is 0 Å². The second-order valence-corrected chi connectivity index (χ2v) is 19.2. The Morgan fingerprint density at radius 1 is 0.755 bits per heavy atom. The molecule has 0 aliphatic carbocycles. The third-order valence-corrected chi connectivity index (χ3v) is 13.2. The molecule has 0 spiro atoms. The lowest BCUT2D eigenvalue weighted by Crippen LogP contribution is -2.30. The van der Waals surface area contributed by atoms with Gasteiger partial charge < -0.3 is 4.90 Å². The molecule has 4 aromatic carbocycles. The lowest BCUT2D eigenvalue weighted by molar-refractivity contribution is -0.440. The summed E-state index contributed by atoms with van der Waals surface area (Å²) in [6.07, 6.45) is 6.50. The van der Waals surface area contributed by atoms with E-state index in [1.165, 1.54) is 52.9 Å². The Bertz CT molecular complexity index is 2570. The molecule has 2 heterocycles. The van der Waals surface area contributed by atoms with Crippen molar-refractivity contribution in [3.8, 4) is 0 Å². The number of nitrogens with zero attached hydrogens (tertiary/aromatic N) is 2. The van der Waals surface area contributed by atoms with Crippen LogP contribution in [-0.4, -0.2) is 55.7 Å². The number of benzene rings is 4. The molecular formula is C39H45N2O9S3+. The van der Waals surface area contributed by atoms with Crippen molar-refractivity contribution in [2.75, 3.05) is 11.4 Å². The van der Waals surface area contributed by atoms with Crippen LogP contribution in [0.1, 0.15) is 83.4 Å². The third-order valence-electron chi connectivity index (χ3n) is 10.6. The van der Waals surface area contributed by atoms with Gasteiger partial charge in [0.15, 0.2) is 5.71 Å². The van der Waals surface area contributed by atoms with Gasteiger partial charge in [0.1, 0.15) is 11.4 Å². The summed E-state index contributed by atoms with van der Waals surface area (Å²) < 4.78 is 107. The molecule has 282 valence electrons. The monoisotopic (exact) mass is 781 g/mol. The lowest BCUT2D eigenvalue weighted by Gasteiger charge is -2.28. The van der Waals surface area contributed by atoms with E-state index in [1.807, 2.05) is 19.9 Å². The van der Waals surface area contributed by atoms with Crippen molar-refractivity contribution in [2.45, 2.75) is 99.2 Å². The number of hydrogen-bond acceptors (Lipinski definition) is 7. The summed E-state index contributed by atoms with van der Waals surface area (Å²) in [5, 5.41) is 0.201. The van der Waals surface area contributed by atoms with Crippen LogP contribution in [0.3, 0.4) is 0 Å². The Morgan fingerprint density at radius 3 is 2.08 bits per heavy atom. The van der Waals surface area contributed by atoms with E-state index in [0.717, 1.165) is 37.9 Å². The molecule has 0 saturated heterocycles. The second-order valence-electron chi connectivity index (χ2n) is 14.9. The highest BCUT2D eigenvalue weighted by Gasteiger charge is 2.46. The molecule has 0 radical (unpaired) electrons. The molecule has 14 heteroatoms. The van der Waals surface area contributed by atoms with Gasteiger partial charge in [0, 0.05) is 46.7 Å². The molecule has 53 heavy (non-hydrogen) atoms. The number of unbranched alkanes of at least 4 members (excludes halogenated alkanes) is 2. The Labute approximate surface area is 311 Å². The molecule has 4 aromatic rings. The number of aryl methyl sites for hydroxylation is 1. The highest BCUT2D eigenvalue weighted by Crippen LogP contribution is 2.55. The van der Waals surface area contributed by atoms with Crippen LogP contribution < -0.4 is 4.90 Å². The fourth-order valence-corrected chi connectivity index (χ4v) is 9.84. The Kier molecular flexibility index (Phi) is 9.83. The van der Waals surface area contributed by atoms with Gasteiger partial charge in [-0.1, -0.05) is 57.0 Å². The molecule has 0 unspecified atom stereocenters. The number of rotatable bonds is 11. The summed E-state index contributed by atoms with van der Waals surface area (Å²) in [5.74, 6) is 0. The highest BCUT2D eigenvalue weighted by molar-refractivity contribution is 7.86. The van der Waals surface area contributed by atoms with Crippen LogP contribution in [-0.2, 0) is 41.2 Å². The zero-order valence-corrected chi connectivity index (χ0v) is 33.0. The summed E-state index contributed by atoms with van der Waals surface area (Å²) in [5.41, 5.74) is 5.65. The minimum atomic E-state index is -4.96. The fraction of sp³-hybridized carbons (Fsp3) is 0.359. The van der Waals surface area contributed by atoms with Gasteiger partial charge in [-0.3, -0.25) is 13.7 Å². The van der Waals surface area contributed by atoms with E-state index < -0.39 is 45.6 Å². The first-order valence-electron chi connectivity index (χ1n) is 17.5. The molecular weight excluding hydrogens is 737 g/mol. The molecule has 0 bridgehead atoms. The van der Waals surface area contributed by atoms with Gasteiger partial charge in [0.25, 0.3) is 30.4 Å². The molecule has 11 nitrogen and oxygen atoms in total. The van der Waals surface area contributed by atoms with Gasteiger partial charge in [0.2, 0.25) is 5.69 Å². The van der Waals surface area contributed by atoms with E-state index in [0.29, 0.717) is 40.9 Å². The maximum Gasteiger partial charge on any atom is 0.295 e. The van der Waals surface area contributed by atoms with Crippen LogP contribution in [0.2, 0.25) is 0 Å². The minimum absolute atomic E-state index is 0.110. The standard InChI is InChI=1S/C39H44N2O9S3/c1-7-8-9-20-40-32-19-16-25(2)21-31(32)38(3,4)35(40)14-11-15-36-39(5,6)37-29-18-17-28(52(45,46)47)23-30(29)34(53(48,49)50)24-33(37)41(36)26-12-10-13-27(22-26)51(42,43)44/h10,12-13,15-19,21-24H,7-9,11,14,20H2,1-6H3,(H2-,42,43,44,45,46,47,48,49,50)/p+1. The summed E-state index contributed by atoms with van der Waals surface area (Å²) in [6.45, 7) is 13.5. The maximum atomic E-state index is 12.9. The SMILES string of the molecule is CCCCC[N+]1=C(CCC=C2N(c3cccc(S(=O)(=O)O)c3)c3cc(S(=O)(=O)O)c4cc(S(=O)(=O)O)ccc4c3C2(C)C)C(C)(C)c2cc(C)ccc21. The van der Waals surface area contributed by atoms with E-state index in [4.69, 9.17) is 0 Å². The summed E-state index contributed by atoms with van der Waals surface area (Å²) in [7, 11) is -14.3. The second kappa shape index (κ2) is 13.4. The van der Waals surface area contributed by atoms with Crippen LogP contribution in [0.25, 0.3) is 10.8 Å². The Hall–Kier alpha value is -3.92. The Morgan fingerprint density at radius 2 is 1.43 bits per heavy atom. The van der Waals surface area contributed by atoms with Gasteiger partial charge in [-0.2, -0.15) is 29.8 Å². The first-order valence-corrected chi connectivity index (χ1v) is 21.8. The molecule has 0 atom stereocenters. The molecule has 0 fully saturated rings. The van der Waals surface area contributed by atoms with Crippen LogP contribution in [0.5, 0.6) is 0 Å². The molecule has 2 aliphatic heterocycles. The number of allylic oxidation sites excluding steroid dienone is 2. The molecule has 0 aromatic heterocycles. The zero-order chi connectivity index (χ0) is 38.9. The number of anilines is 2. The first-order chi connectivity index (χ1) is 24.6. The van der Waals surface area contributed by atoms with E-state index in [-0.39, 0.29) is 15.7 Å². The van der Waals surface area contributed by atoms with Crippen molar-refractivity contribution in [3.63, 3.8) is 0 Å². The average Bonchev–Trinajstić information content (AvgIpc) is 3.41. The maximum absolute atomic E-state index is 12.9. The normalized spacial score (nSPS) is 17.5. The minimum Gasteiger partial charge on any atom is -0.313 e. The van der Waals surface area contributed by atoms with Crippen LogP contribution >= 0.6 is 0 Å². The average molecular weight is 782 g/mol. The molecule has 0 saturated carbocycles. The summed E-state index contributed by atoms with van der Waals surface area (Å²) in [4.78, 5) is 0.211. The van der Waals surface area contributed by atoms with Crippen molar-refractivity contribution in [2.24, 2.45) is 0 Å². The number of fused-ring (bicyclic) bond motifs is 4. The lowest BCUT2D eigenvalue weighted by atomic mass is 9.78. The van der Waals surface area contributed by atoms with Crippen molar-refractivity contribution in [1.29, 1.82) is 0 Å². The third kappa shape index (κ3) is 6.96. The smallest absolute Gasteiger partial charge is 0.295 e. The van der Waals surface area contributed by atoms with Gasteiger partial charge in [0.05, 0.1) is 20.9 Å². The first kappa shape index (κ1) is 38.8. The van der Waals surface area contributed by atoms with Gasteiger partial charge in [-0.05, 0) is 87.0 Å².